The van der Waals surface area contributed by atoms with Crippen molar-refractivity contribution < 1.29 is 13.2 Å². The highest BCUT2D eigenvalue weighted by atomic mass is 32.2. The van der Waals surface area contributed by atoms with Gasteiger partial charge in [-0.2, -0.15) is 0 Å². The molecule has 1 heterocycles. The van der Waals surface area contributed by atoms with E-state index in [1.165, 1.54) is 35.0 Å². The first kappa shape index (κ1) is 21.7. The Hall–Kier alpha value is -3.56. The zero-order valence-corrected chi connectivity index (χ0v) is 19.0. The molecule has 1 amide bonds. The van der Waals surface area contributed by atoms with Crippen LogP contribution in [0.4, 0.5) is 11.4 Å². The molecule has 0 atom stereocenters. The Kier molecular flexibility index (Phi) is 6.02. The maximum absolute atomic E-state index is 13.1. The number of rotatable bonds is 6. The fourth-order valence-electron chi connectivity index (χ4n) is 3.07. The van der Waals surface area contributed by atoms with E-state index in [0.29, 0.717) is 11.4 Å². The number of benzene rings is 3. The second-order valence-corrected chi connectivity index (χ2v) is 9.74. The first-order chi connectivity index (χ1) is 15.3. The monoisotopic (exact) mass is 464 g/mol. The lowest BCUT2D eigenvalue weighted by atomic mass is 10.1. The van der Waals surface area contributed by atoms with Crippen LogP contribution in [-0.4, -0.2) is 31.0 Å². The third-order valence-electron chi connectivity index (χ3n) is 4.95. The molecule has 1 N–H and O–H groups in total. The van der Waals surface area contributed by atoms with Gasteiger partial charge in [0.1, 0.15) is 5.69 Å². The highest BCUT2D eigenvalue weighted by molar-refractivity contribution is 7.92. The van der Waals surface area contributed by atoms with E-state index in [1.54, 1.807) is 36.4 Å². The first-order valence-electron chi connectivity index (χ1n) is 9.69. The van der Waals surface area contributed by atoms with Crippen molar-refractivity contribution in [2.75, 3.05) is 16.7 Å². The minimum Gasteiger partial charge on any atom is -0.322 e. The number of hydrogen-bond donors (Lipinski definition) is 1. The van der Waals surface area contributed by atoms with Crippen LogP contribution in [0.3, 0.4) is 0 Å². The molecule has 0 spiro atoms. The Morgan fingerprint density at radius 2 is 1.72 bits per heavy atom. The molecule has 1 aromatic heterocycles. The van der Waals surface area contributed by atoms with E-state index in [0.717, 1.165) is 16.8 Å². The van der Waals surface area contributed by atoms with Gasteiger partial charge in [-0.1, -0.05) is 40.4 Å². The van der Waals surface area contributed by atoms with Crippen molar-refractivity contribution in [2.45, 2.75) is 11.8 Å². The van der Waals surface area contributed by atoms with Gasteiger partial charge in [0.05, 0.1) is 10.6 Å². The lowest BCUT2D eigenvalue weighted by molar-refractivity contribution is 0.102. The molecule has 0 unspecified atom stereocenters. The van der Waals surface area contributed by atoms with Gasteiger partial charge in [0.15, 0.2) is 0 Å². The summed E-state index contributed by atoms with van der Waals surface area (Å²) in [4.78, 5) is 12.8. The van der Waals surface area contributed by atoms with Crippen molar-refractivity contribution in [3.8, 4) is 11.3 Å². The fourth-order valence-corrected chi connectivity index (χ4v) is 4.77. The fraction of sp³-hybridized carbons (Fsp3) is 0.0870. The number of nitrogens with zero attached hydrogens (tertiary/aromatic N) is 3. The number of amides is 1. The van der Waals surface area contributed by atoms with Crippen molar-refractivity contribution in [1.29, 1.82) is 0 Å². The number of aryl methyl sites for hydroxylation is 1. The summed E-state index contributed by atoms with van der Waals surface area (Å²) >= 11 is 1.27. The van der Waals surface area contributed by atoms with Crippen molar-refractivity contribution in [2.24, 2.45) is 0 Å². The molecule has 4 aromatic rings. The van der Waals surface area contributed by atoms with E-state index in [4.69, 9.17) is 0 Å². The van der Waals surface area contributed by atoms with Gasteiger partial charge in [-0.25, -0.2) is 8.42 Å². The average molecular weight is 465 g/mol. The summed E-state index contributed by atoms with van der Waals surface area (Å²) in [5, 5.41) is 8.65. The molecule has 9 heteroatoms. The van der Waals surface area contributed by atoms with Crippen molar-refractivity contribution >= 4 is 38.8 Å². The topological polar surface area (TPSA) is 92.3 Å². The zero-order valence-electron chi connectivity index (χ0n) is 17.4. The maximum atomic E-state index is 13.1. The van der Waals surface area contributed by atoms with Gasteiger partial charge < -0.3 is 5.32 Å². The normalized spacial score (nSPS) is 11.2. The largest absolute Gasteiger partial charge is 0.322 e. The summed E-state index contributed by atoms with van der Waals surface area (Å²) in [5.41, 5.74) is 4.07. The van der Waals surface area contributed by atoms with E-state index >= 15 is 0 Å². The number of anilines is 2. The van der Waals surface area contributed by atoms with Crippen molar-refractivity contribution in [3.05, 3.63) is 89.3 Å². The smallest absolute Gasteiger partial charge is 0.264 e. The zero-order chi connectivity index (χ0) is 22.7. The molecule has 0 saturated heterocycles. The second-order valence-electron chi connectivity index (χ2n) is 7.16. The van der Waals surface area contributed by atoms with Crippen LogP contribution in [0.1, 0.15) is 15.9 Å². The minimum absolute atomic E-state index is 0.0413. The van der Waals surface area contributed by atoms with Crippen LogP contribution >= 0.6 is 11.5 Å². The number of hydrogen-bond acceptors (Lipinski definition) is 6. The van der Waals surface area contributed by atoms with E-state index < -0.39 is 15.9 Å². The SMILES string of the molecule is Cc1ccc(N(C)S(=O)(=O)c2cccc(C(=O)Nc3ccc(-c4csnn4)cc3)c2)cc1. The highest BCUT2D eigenvalue weighted by Gasteiger charge is 2.22. The van der Waals surface area contributed by atoms with Gasteiger partial charge in [-0.05, 0) is 60.9 Å². The van der Waals surface area contributed by atoms with Crippen LogP contribution < -0.4 is 9.62 Å². The van der Waals surface area contributed by atoms with Crippen molar-refractivity contribution in [1.82, 2.24) is 9.59 Å². The standard InChI is InChI=1S/C23H20N4O3S2/c1-16-6-12-20(13-7-16)27(2)32(29,30)21-5-3-4-18(14-21)23(28)24-19-10-8-17(9-11-19)22-15-31-26-25-22/h3-15H,1-2H3,(H,24,28). The van der Waals surface area contributed by atoms with Gasteiger partial charge in [0.2, 0.25) is 0 Å². The number of aromatic nitrogens is 2. The molecular weight excluding hydrogens is 444 g/mol. The molecule has 0 aliphatic heterocycles. The Labute approximate surface area is 190 Å². The lowest BCUT2D eigenvalue weighted by Crippen LogP contribution is -2.26. The lowest BCUT2D eigenvalue weighted by Gasteiger charge is -2.20. The first-order valence-corrected chi connectivity index (χ1v) is 12.0. The molecule has 32 heavy (non-hydrogen) atoms. The summed E-state index contributed by atoms with van der Waals surface area (Å²) < 4.78 is 31.2. The van der Waals surface area contributed by atoms with Crippen LogP contribution in [0.25, 0.3) is 11.3 Å². The molecule has 7 nitrogen and oxygen atoms in total. The van der Waals surface area contributed by atoms with Gasteiger partial charge in [0, 0.05) is 29.2 Å². The second kappa shape index (κ2) is 8.89. The van der Waals surface area contributed by atoms with E-state index in [-0.39, 0.29) is 10.5 Å². The number of carbonyl (C=O) groups is 1. The van der Waals surface area contributed by atoms with Gasteiger partial charge in [-0.15, -0.1) is 5.10 Å². The molecule has 0 aliphatic carbocycles. The van der Waals surface area contributed by atoms with Gasteiger partial charge in [-0.3, -0.25) is 9.10 Å². The van der Waals surface area contributed by atoms with Crippen LogP contribution in [0, 0.1) is 6.92 Å². The van der Waals surface area contributed by atoms with Crippen molar-refractivity contribution in [3.63, 3.8) is 0 Å². The average Bonchev–Trinajstić information content (AvgIpc) is 3.35. The summed E-state index contributed by atoms with van der Waals surface area (Å²) in [7, 11) is -2.33. The predicted octanol–water partition coefficient (Wildman–Crippen LogP) is 4.59. The Bertz CT molecular complexity index is 1340. The molecule has 0 fully saturated rings. The van der Waals surface area contributed by atoms with Crippen LogP contribution in [-0.2, 0) is 10.0 Å². The molecule has 4 rings (SSSR count). The Balaban J connectivity index is 1.53. The number of carbonyl (C=O) groups excluding carboxylic acids is 1. The molecule has 0 bridgehead atoms. The number of nitrogens with one attached hydrogen (secondary N) is 1. The van der Waals surface area contributed by atoms with Gasteiger partial charge >= 0.3 is 0 Å². The molecule has 0 aliphatic rings. The molecular formula is C23H20N4O3S2. The Morgan fingerprint density at radius 3 is 2.38 bits per heavy atom. The molecule has 3 aromatic carbocycles. The highest BCUT2D eigenvalue weighted by Crippen LogP contribution is 2.24. The van der Waals surface area contributed by atoms with Crippen LogP contribution in [0.15, 0.2) is 83.1 Å². The minimum atomic E-state index is -3.82. The van der Waals surface area contributed by atoms with Crippen LogP contribution in [0.2, 0.25) is 0 Å². The van der Waals surface area contributed by atoms with E-state index in [9.17, 15) is 13.2 Å². The third-order valence-corrected chi connectivity index (χ3v) is 7.24. The number of sulfonamides is 1. The summed E-state index contributed by atoms with van der Waals surface area (Å²) in [6, 6.07) is 20.4. The van der Waals surface area contributed by atoms with E-state index in [2.05, 4.69) is 14.9 Å². The quantitative estimate of drug-likeness (QED) is 0.451. The third kappa shape index (κ3) is 4.53. The maximum Gasteiger partial charge on any atom is 0.264 e. The summed E-state index contributed by atoms with van der Waals surface area (Å²) in [6.07, 6.45) is 0. The summed E-state index contributed by atoms with van der Waals surface area (Å²) in [5.74, 6) is -0.400. The van der Waals surface area contributed by atoms with Crippen LogP contribution in [0.5, 0.6) is 0 Å². The summed E-state index contributed by atoms with van der Waals surface area (Å²) in [6.45, 7) is 1.93. The van der Waals surface area contributed by atoms with E-state index in [1.807, 2.05) is 36.6 Å². The Morgan fingerprint density at radius 1 is 1.00 bits per heavy atom. The molecule has 162 valence electrons. The van der Waals surface area contributed by atoms with Gasteiger partial charge in [0.25, 0.3) is 15.9 Å². The molecule has 0 saturated carbocycles. The molecule has 0 radical (unpaired) electrons. The predicted molar refractivity (Wildman–Crippen MR) is 127 cm³/mol.